The monoisotopic (exact) mass is 341 g/mol. The molecule has 126 valence electrons. The zero-order valence-corrected chi connectivity index (χ0v) is 13.8. The number of amides is 1. The van der Waals surface area contributed by atoms with Crippen LogP contribution in [-0.2, 0) is 4.79 Å². The van der Waals surface area contributed by atoms with Crippen LogP contribution in [0.25, 0.3) is 10.9 Å². The lowest BCUT2D eigenvalue weighted by Crippen LogP contribution is -2.25. The average Bonchev–Trinajstić information content (AvgIpc) is 3.13. The highest BCUT2D eigenvalue weighted by Crippen LogP contribution is 2.44. The van der Waals surface area contributed by atoms with Crippen LogP contribution in [0.4, 0.5) is 5.69 Å². The summed E-state index contributed by atoms with van der Waals surface area (Å²) in [4.78, 5) is 13.2. The number of benzene rings is 3. The number of hydrogen-bond acceptors (Lipinski definition) is 3. The van der Waals surface area contributed by atoms with E-state index in [1.165, 1.54) is 0 Å². The number of fused-ring (bicyclic) bond motifs is 3. The molecule has 0 bridgehead atoms. The van der Waals surface area contributed by atoms with Crippen LogP contribution in [0.5, 0.6) is 11.5 Å². The Morgan fingerprint density at radius 3 is 2.38 bits per heavy atom. The molecule has 1 aliphatic rings. The fraction of sp³-hybridized carbons (Fsp3) is 0.0476. The topological polar surface area (TPSA) is 67.0 Å². The number of ether oxygens (including phenoxy) is 1. The van der Waals surface area contributed by atoms with E-state index >= 15 is 0 Å². The van der Waals surface area contributed by atoms with Crippen LogP contribution in [0.2, 0.25) is 0 Å². The van der Waals surface area contributed by atoms with Crippen molar-refractivity contribution in [2.75, 3.05) is 5.32 Å². The number of para-hydroxylation sites is 2. The van der Waals surface area contributed by atoms with E-state index in [1.807, 2.05) is 66.7 Å². The van der Waals surface area contributed by atoms with Gasteiger partial charge in [0.1, 0.15) is 11.5 Å². The molecule has 0 radical (unpaired) electrons. The van der Waals surface area contributed by atoms with Gasteiger partial charge in [0, 0.05) is 22.2 Å². The van der Waals surface area contributed by atoms with Crippen molar-refractivity contribution in [2.24, 2.45) is 0 Å². The van der Waals surface area contributed by atoms with Crippen molar-refractivity contribution < 1.29 is 9.53 Å². The predicted octanol–water partition coefficient (Wildman–Crippen LogP) is 4.44. The van der Waals surface area contributed by atoms with Gasteiger partial charge in [0.2, 0.25) is 5.91 Å². The van der Waals surface area contributed by atoms with Gasteiger partial charge < -0.3 is 10.1 Å². The molecule has 1 aromatic heterocycles. The van der Waals surface area contributed by atoms with Crippen molar-refractivity contribution in [3.8, 4) is 11.5 Å². The lowest BCUT2D eigenvalue weighted by atomic mass is 9.87. The minimum atomic E-state index is -0.420. The molecule has 1 amide bonds. The van der Waals surface area contributed by atoms with Crippen molar-refractivity contribution in [1.29, 1.82) is 0 Å². The number of aromatic nitrogens is 2. The number of hydrogen-bond donors (Lipinski definition) is 2. The van der Waals surface area contributed by atoms with Gasteiger partial charge in [0.15, 0.2) is 0 Å². The fourth-order valence-corrected chi connectivity index (χ4v) is 3.43. The molecule has 5 rings (SSSR count). The molecule has 1 aliphatic heterocycles. The van der Waals surface area contributed by atoms with Gasteiger partial charge in [-0.3, -0.25) is 9.89 Å². The number of aromatic amines is 1. The summed E-state index contributed by atoms with van der Waals surface area (Å²) in [5.74, 6) is 0.931. The molecule has 0 saturated heterocycles. The Hall–Kier alpha value is -3.60. The van der Waals surface area contributed by atoms with Gasteiger partial charge in [-0.1, -0.05) is 36.4 Å². The standard InChI is InChI=1S/C21H15N3O2/c25-21(23-14-9-10-17-13(11-14)12-22-24-17)20-15-5-1-3-7-18(15)26-19-8-4-2-6-16(19)20/h1-12,20H,(H,22,24)(H,23,25). The van der Waals surface area contributed by atoms with E-state index in [4.69, 9.17) is 4.74 Å². The van der Waals surface area contributed by atoms with Crippen LogP contribution in [0.15, 0.2) is 72.9 Å². The summed E-state index contributed by atoms with van der Waals surface area (Å²) in [5.41, 5.74) is 3.41. The van der Waals surface area contributed by atoms with E-state index in [0.717, 1.165) is 39.2 Å². The maximum absolute atomic E-state index is 13.2. The van der Waals surface area contributed by atoms with Crippen LogP contribution < -0.4 is 10.1 Å². The molecular formula is C21H15N3O2. The number of anilines is 1. The fourth-order valence-electron chi connectivity index (χ4n) is 3.43. The second-order valence-electron chi connectivity index (χ2n) is 6.27. The second kappa shape index (κ2) is 5.74. The molecule has 0 aliphatic carbocycles. The molecule has 2 N–H and O–H groups in total. The van der Waals surface area contributed by atoms with Crippen molar-refractivity contribution >= 4 is 22.5 Å². The van der Waals surface area contributed by atoms with Crippen molar-refractivity contribution in [1.82, 2.24) is 10.2 Å². The zero-order valence-electron chi connectivity index (χ0n) is 13.8. The van der Waals surface area contributed by atoms with Crippen molar-refractivity contribution in [3.05, 3.63) is 84.1 Å². The Morgan fingerprint density at radius 2 is 1.65 bits per heavy atom. The zero-order chi connectivity index (χ0) is 17.5. The quantitative estimate of drug-likeness (QED) is 0.566. The molecule has 0 unspecified atom stereocenters. The number of carbonyl (C=O) groups is 1. The SMILES string of the molecule is O=C(Nc1ccc2[nH]ncc2c1)C1c2ccccc2Oc2ccccc21. The van der Waals surface area contributed by atoms with E-state index in [9.17, 15) is 4.79 Å². The lowest BCUT2D eigenvalue weighted by Gasteiger charge is -2.27. The Labute approximate surface area is 149 Å². The molecule has 26 heavy (non-hydrogen) atoms. The largest absolute Gasteiger partial charge is 0.457 e. The first kappa shape index (κ1) is 14.7. The van der Waals surface area contributed by atoms with E-state index in [-0.39, 0.29) is 5.91 Å². The highest BCUT2D eigenvalue weighted by Gasteiger charge is 2.32. The molecule has 0 saturated carbocycles. The third-order valence-electron chi connectivity index (χ3n) is 4.65. The summed E-state index contributed by atoms with van der Waals surface area (Å²) >= 11 is 0. The third-order valence-corrected chi connectivity index (χ3v) is 4.65. The third kappa shape index (κ3) is 2.33. The van der Waals surface area contributed by atoms with Gasteiger partial charge in [0.25, 0.3) is 0 Å². The van der Waals surface area contributed by atoms with E-state index in [1.54, 1.807) is 6.20 Å². The molecule has 5 heteroatoms. The van der Waals surface area contributed by atoms with Gasteiger partial charge in [0.05, 0.1) is 17.6 Å². The minimum Gasteiger partial charge on any atom is -0.457 e. The normalized spacial score (nSPS) is 12.9. The molecule has 0 atom stereocenters. The Morgan fingerprint density at radius 1 is 0.962 bits per heavy atom. The Balaban J connectivity index is 1.55. The summed E-state index contributed by atoms with van der Waals surface area (Å²) in [6.07, 6.45) is 1.74. The van der Waals surface area contributed by atoms with Gasteiger partial charge >= 0.3 is 0 Å². The molecular weight excluding hydrogens is 326 g/mol. The number of rotatable bonds is 2. The second-order valence-corrected chi connectivity index (χ2v) is 6.27. The van der Waals surface area contributed by atoms with Crippen LogP contribution in [-0.4, -0.2) is 16.1 Å². The maximum Gasteiger partial charge on any atom is 0.236 e. The molecule has 0 fully saturated rings. The number of carbonyl (C=O) groups excluding carboxylic acids is 1. The molecule has 5 nitrogen and oxygen atoms in total. The smallest absolute Gasteiger partial charge is 0.236 e. The van der Waals surface area contributed by atoms with E-state index < -0.39 is 5.92 Å². The van der Waals surface area contributed by atoms with E-state index in [2.05, 4.69) is 15.5 Å². The summed E-state index contributed by atoms with van der Waals surface area (Å²) in [5, 5.41) is 10.9. The Kier molecular flexibility index (Phi) is 3.25. The molecule has 2 heterocycles. The van der Waals surface area contributed by atoms with Crippen LogP contribution >= 0.6 is 0 Å². The summed E-state index contributed by atoms with van der Waals surface area (Å²) in [7, 11) is 0. The average molecular weight is 341 g/mol. The van der Waals surface area contributed by atoms with E-state index in [0.29, 0.717) is 0 Å². The molecule has 0 spiro atoms. The molecule has 3 aromatic carbocycles. The first-order chi connectivity index (χ1) is 12.8. The van der Waals surface area contributed by atoms with Crippen LogP contribution in [0, 0.1) is 0 Å². The first-order valence-corrected chi connectivity index (χ1v) is 8.39. The van der Waals surface area contributed by atoms with Crippen LogP contribution in [0.1, 0.15) is 17.0 Å². The summed E-state index contributed by atoms with van der Waals surface area (Å²) in [6, 6.07) is 21.0. The van der Waals surface area contributed by atoms with Crippen molar-refractivity contribution in [3.63, 3.8) is 0 Å². The van der Waals surface area contributed by atoms with Gasteiger partial charge in [-0.25, -0.2) is 0 Å². The van der Waals surface area contributed by atoms with Crippen molar-refractivity contribution in [2.45, 2.75) is 5.92 Å². The first-order valence-electron chi connectivity index (χ1n) is 8.39. The van der Waals surface area contributed by atoms with Gasteiger partial charge in [-0.15, -0.1) is 0 Å². The minimum absolute atomic E-state index is 0.0870. The number of nitrogens with one attached hydrogen (secondary N) is 2. The maximum atomic E-state index is 13.2. The lowest BCUT2D eigenvalue weighted by molar-refractivity contribution is -0.116. The molecule has 4 aromatic rings. The van der Waals surface area contributed by atoms with Gasteiger partial charge in [-0.05, 0) is 30.3 Å². The number of H-pyrrole nitrogens is 1. The predicted molar refractivity (Wildman–Crippen MR) is 99.5 cm³/mol. The van der Waals surface area contributed by atoms with Gasteiger partial charge in [-0.2, -0.15) is 5.10 Å². The Bertz CT molecular complexity index is 1090. The summed E-state index contributed by atoms with van der Waals surface area (Å²) < 4.78 is 5.96. The van der Waals surface area contributed by atoms with Crippen LogP contribution in [0.3, 0.4) is 0 Å². The number of nitrogens with zero attached hydrogens (tertiary/aromatic N) is 1. The highest BCUT2D eigenvalue weighted by molar-refractivity contribution is 6.00. The summed E-state index contributed by atoms with van der Waals surface area (Å²) in [6.45, 7) is 0. The highest BCUT2D eigenvalue weighted by atomic mass is 16.5.